The van der Waals surface area contributed by atoms with Crippen molar-refractivity contribution in [2.75, 3.05) is 11.6 Å². The molecular formula is C30H28N2O3Si. The second-order valence-corrected chi connectivity index (χ2v) is 10.1. The van der Waals surface area contributed by atoms with Gasteiger partial charge in [-0.05, 0) is 72.1 Å². The highest BCUT2D eigenvalue weighted by atomic mass is 28.2. The lowest BCUT2D eigenvalue weighted by Crippen LogP contribution is -2.46. The van der Waals surface area contributed by atoms with Gasteiger partial charge in [-0.25, -0.2) is 0 Å². The zero-order valence-corrected chi connectivity index (χ0v) is 21.1. The molecule has 5 rings (SSSR count). The zero-order chi connectivity index (χ0) is 24.9. The first-order chi connectivity index (χ1) is 17.6. The van der Waals surface area contributed by atoms with Gasteiger partial charge in [-0.15, -0.1) is 0 Å². The summed E-state index contributed by atoms with van der Waals surface area (Å²) >= 11 is 0. The van der Waals surface area contributed by atoms with Crippen molar-refractivity contribution in [1.29, 1.82) is 0 Å². The summed E-state index contributed by atoms with van der Waals surface area (Å²) in [5, 5.41) is 11.1. The van der Waals surface area contributed by atoms with Crippen LogP contribution in [0, 0.1) is 6.92 Å². The third kappa shape index (κ3) is 5.51. The Labute approximate surface area is 214 Å². The number of anilines is 1. The summed E-state index contributed by atoms with van der Waals surface area (Å²) in [4.78, 5) is 18.7. The van der Waals surface area contributed by atoms with Gasteiger partial charge in [0, 0.05) is 17.8 Å². The second-order valence-electron chi connectivity index (χ2n) is 9.02. The number of ether oxygens (including phenoxy) is 1. The minimum absolute atomic E-state index is 0.0552. The van der Waals surface area contributed by atoms with E-state index >= 15 is 0 Å². The molecule has 1 aliphatic heterocycles. The minimum atomic E-state index is -0.220. The van der Waals surface area contributed by atoms with Crippen molar-refractivity contribution in [3.8, 4) is 11.5 Å². The van der Waals surface area contributed by atoms with Crippen LogP contribution in [0.15, 0.2) is 97.1 Å². The van der Waals surface area contributed by atoms with Gasteiger partial charge >= 0.3 is 0 Å². The summed E-state index contributed by atoms with van der Waals surface area (Å²) < 4.78 is 6.00. The van der Waals surface area contributed by atoms with Crippen LogP contribution in [-0.4, -0.2) is 38.2 Å². The molecule has 0 spiro atoms. The Morgan fingerprint density at radius 2 is 1.72 bits per heavy atom. The average Bonchev–Trinajstić information content (AvgIpc) is 2.92. The van der Waals surface area contributed by atoms with Crippen LogP contribution in [0.3, 0.4) is 0 Å². The highest BCUT2D eigenvalue weighted by Gasteiger charge is 2.29. The highest BCUT2D eigenvalue weighted by molar-refractivity contribution is 6.57. The standard InChI is InChI=1S/C30H28N2O3Si/c1-21-12-14-27(15-13-21)35-28-10-5-11-29(18-28)36-31-25-9-4-8-23(16-25)30(34)32-19-24-7-3-2-6-22(24)17-26(32)20-33/h2-16,18,26,31,33H,17,19-20H2,1H3. The van der Waals surface area contributed by atoms with E-state index in [-0.39, 0.29) is 18.6 Å². The molecule has 1 unspecified atom stereocenters. The maximum atomic E-state index is 13.4. The lowest BCUT2D eigenvalue weighted by Gasteiger charge is -2.36. The molecule has 2 N–H and O–H groups in total. The summed E-state index contributed by atoms with van der Waals surface area (Å²) in [6.07, 6.45) is 0.665. The normalized spacial score (nSPS) is 14.7. The van der Waals surface area contributed by atoms with E-state index < -0.39 is 0 Å². The number of rotatable bonds is 7. The molecule has 0 bridgehead atoms. The van der Waals surface area contributed by atoms with Crippen LogP contribution in [0.2, 0.25) is 0 Å². The van der Waals surface area contributed by atoms with Gasteiger partial charge in [-0.3, -0.25) is 4.79 Å². The number of amides is 1. The first-order valence-electron chi connectivity index (χ1n) is 12.0. The van der Waals surface area contributed by atoms with Crippen molar-refractivity contribution in [3.05, 3.63) is 119 Å². The van der Waals surface area contributed by atoms with Gasteiger partial charge in [0.05, 0.1) is 12.6 Å². The van der Waals surface area contributed by atoms with E-state index in [0.717, 1.165) is 27.9 Å². The van der Waals surface area contributed by atoms with E-state index in [2.05, 4.69) is 30.1 Å². The third-order valence-corrected chi connectivity index (χ3v) is 7.39. The number of carbonyl (C=O) groups is 1. The van der Waals surface area contributed by atoms with Gasteiger partial charge in [0.15, 0.2) is 0 Å². The predicted octanol–water partition coefficient (Wildman–Crippen LogP) is 4.70. The average molecular weight is 493 g/mol. The number of fused-ring (bicyclic) bond motifs is 1. The fraction of sp³-hybridized carbons (Fsp3) is 0.167. The quantitative estimate of drug-likeness (QED) is 0.367. The Morgan fingerprint density at radius 3 is 2.53 bits per heavy atom. The van der Waals surface area contributed by atoms with Gasteiger partial charge in [-0.2, -0.15) is 0 Å². The molecule has 1 amide bonds. The Balaban J connectivity index is 1.26. The van der Waals surface area contributed by atoms with Crippen molar-refractivity contribution < 1.29 is 14.6 Å². The number of nitrogens with one attached hydrogen (secondary N) is 1. The number of aliphatic hydroxyl groups excluding tert-OH is 1. The molecule has 0 aliphatic carbocycles. The lowest BCUT2D eigenvalue weighted by atomic mass is 9.93. The van der Waals surface area contributed by atoms with Crippen LogP contribution >= 0.6 is 0 Å². The minimum Gasteiger partial charge on any atom is -0.457 e. The fourth-order valence-electron chi connectivity index (χ4n) is 4.41. The molecule has 36 heavy (non-hydrogen) atoms. The van der Waals surface area contributed by atoms with Crippen molar-refractivity contribution in [2.24, 2.45) is 0 Å². The number of hydrogen-bond acceptors (Lipinski definition) is 4. The molecule has 2 radical (unpaired) electrons. The summed E-state index contributed by atoms with van der Waals surface area (Å²) in [6, 6.07) is 31.5. The molecule has 6 heteroatoms. The Kier molecular flexibility index (Phi) is 7.16. The van der Waals surface area contributed by atoms with E-state index in [9.17, 15) is 9.90 Å². The number of nitrogens with zero attached hydrogens (tertiary/aromatic N) is 1. The maximum Gasteiger partial charge on any atom is 0.254 e. The van der Waals surface area contributed by atoms with Crippen molar-refractivity contribution >= 4 is 26.5 Å². The summed E-state index contributed by atoms with van der Waals surface area (Å²) in [6.45, 7) is 2.50. The van der Waals surface area contributed by atoms with Crippen LogP contribution in [0.1, 0.15) is 27.0 Å². The summed E-state index contributed by atoms with van der Waals surface area (Å²) in [5.74, 6) is 1.53. The smallest absolute Gasteiger partial charge is 0.254 e. The highest BCUT2D eigenvalue weighted by Crippen LogP contribution is 2.25. The van der Waals surface area contributed by atoms with Gasteiger partial charge in [0.1, 0.15) is 11.5 Å². The fourth-order valence-corrected chi connectivity index (χ4v) is 5.25. The SMILES string of the molecule is Cc1ccc(Oc2cccc([Si]Nc3cccc(C(=O)N4Cc5ccccc5CC4CO)c3)c2)cc1. The zero-order valence-electron chi connectivity index (χ0n) is 20.1. The van der Waals surface area contributed by atoms with Crippen molar-refractivity contribution in [1.82, 2.24) is 4.90 Å². The van der Waals surface area contributed by atoms with Gasteiger partial charge < -0.3 is 19.7 Å². The third-order valence-electron chi connectivity index (χ3n) is 6.38. The summed E-state index contributed by atoms with van der Waals surface area (Å²) in [7, 11) is 0.309. The number of aryl methyl sites for hydroxylation is 1. The largest absolute Gasteiger partial charge is 0.457 e. The van der Waals surface area contributed by atoms with Gasteiger partial charge in [0.2, 0.25) is 9.68 Å². The van der Waals surface area contributed by atoms with Crippen LogP contribution in [-0.2, 0) is 13.0 Å². The van der Waals surface area contributed by atoms with Crippen molar-refractivity contribution in [2.45, 2.75) is 25.9 Å². The Bertz CT molecular complexity index is 1360. The Morgan fingerprint density at radius 1 is 0.944 bits per heavy atom. The van der Waals surface area contributed by atoms with E-state index in [1.165, 1.54) is 11.1 Å². The molecule has 0 saturated heterocycles. The molecule has 4 aromatic rings. The maximum absolute atomic E-state index is 13.4. The van der Waals surface area contributed by atoms with Crippen LogP contribution in [0.25, 0.3) is 0 Å². The molecule has 1 aliphatic rings. The molecule has 0 aromatic heterocycles. The molecular weight excluding hydrogens is 464 g/mol. The van der Waals surface area contributed by atoms with Gasteiger partial charge in [-0.1, -0.05) is 60.2 Å². The van der Waals surface area contributed by atoms with Crippen molar-refractivity contribution in [3.63, 3.8) is 0 Å². The first kappa shape index (κ1) is 23.8. The molecule has 180 valence electrons. The van der Waals surface area contributed by atoms with E-state index in [4.69, 9.17) is 4.74 Å². The number of aliphatic hydroxyl groups is 1. The molecule has 1 heterocycles. The van der Waals surface area contributed by atoms with E-state index in [1.807, 2.05) is 78.9 Å². The Hall–Kier alpha value is -3.87. The van der Waals surface area contributed by atoms with Crippen LogP contribution in [0.4, 0.5) is 5.69 Å². The molecule has 0 saturated carbocycles. The number of hydrogen-bond donors (Lipinski definition) is 2. The van der Waals surface area contributed by atoms with Crippen LogP contribution in [0.5, 0.6) is 11.5 Å². The number of carbonyl (C=O) groups excluding carboxylic acids is 1. The number of benzene rings is 4. The van der Waals surface area contributed by atoms with E-state index in [0.29, 0.717) is 28.2 Å². The lowest BCUT2D eigenvalue weighted by molar-refractivity contribution is 0.0544. The summed E-state index contributed by atoms with van der Waals surface area (Å²) in [5.41, 5.74) is 5.02. The van der Waals surface area contributed by atoms with E-state index in [1.54, 1.807) is 4.90 Å². The van der Waals surface area contributed by atoms with Crippen LogP contribution < -0.4 is 14.9 Å². The second kappa shape index (κ2) is 10.8. The predicted molar refractivity (Wildman–Crippen MR) is 144 cm³/mol. The molecule has 4 aromatic carbocycles. The molecule has 1 atom stereocenters. The topological polar surface area (TPSA) is 61.8 Å². The van der Waals surface area contributed by atoms with Gasteiger partial charge in [0.25, 0.3) is 5.91 Å². The monoisotopic (exact) mass is 492 g/mol. The first-order valence-corrected chi connectivity index (χ1v) is 13.0. The molecule has 5 nitrogen and oxygen atoms in total. The molecule has 0 fully saturated rings.